The van der Waals surface area contributed by atoms with Gasteiger partial charge in [0.2, 0.25) is 12.6 Å². The van der Waals surface area contributed by atoms with Crippen molar-refractivity contribution < 1.29 is 33.2 Å². The van der Waals surface area contributed by atoms with Gasteiger partial charge in [0.05, 0.1) is 41.7 Å². The summed E-state index contributed by atoms with van der Waals surface area (Å²) in [4.78, 5) is 0. The molecular formula is C42H82O7. The summed E-state index contributed by atoms with van der Waals surface area (Å²) in [5, 5.41) is 0. The number of methoxy groups -OCH3 is 4. The van der Waals surface area contributed by atoms with Crippen molar-refractivity contribution in [2.45, 2.75) is 207 Å². The van der Waals surface area contributed by atoms with Gasteiger partial charge in [-0.1, -0.05) is 156 Å². The summed E-state index contributed by atoms with van der Waals surface area (Å²) in [6, 6.07) is 0. The lowest BCUT2D eigenvalue weighted by atomic mass is 10.1. The van der Waals surface area contributed by atoms with E-state index in [1.807, 2.05) is 0 Å². The molecular weight excluding hydrogens is 616 g/mol. The van der Waals surface area contributed by atoms with E-state index in [-0.39, 0.29) is 0 Å². The maximum absolute atomic E-state index is 6.73. The van der Waals surface area contributed by atoms with Crippen molar-refractivity contribution in [2.75, 3.05) is 41.7 Å². The first-order valence-corrected chi connectivity index (χ1v) is 20.6. The second-order valence-electron chi connectivity index (χ2n) is 13.5. The van der Waals surface area contributed by atoms with Crippen molar-refractivity contribution in [1.29, 1.82) is 0 Å². The predicted molar refractivity (Wildman–Crippen MR) is 205 cm³/mol. The first-order chi connectivity index (χ1) is 24.1. The van der Waals surface area contributed by atoms with E-state index in [0.29, 0.717) is 24.7 Å². The van der Waals surface area contributed by atoms with Gasteiger partial charge in [-0.3, -0.25) is 0 Å². The molecule has 49 heavy (non-hydrogen) atoms. The molecule has 0 heterocycles. The molecule has 0 saturated carbocycles. The highest BCUT2D eigenvalue weighted by atomic mass is 16.8. The smallest absolute Gasteiger partial charge is 0.223 e. The molecule has 0 aliphatic heterocycles. The van der Waals surface area contributed by atoms with Crippen molar-refractivity contribution in [3.8, 4) is 0 Å². The largest absolute Gasteiger partial charge is 0.497 e. The molecule has 0 aromatic heterocycles. The highest BCUT2D eigenvalue weighted by Crippen LogP contribution is 2.28. The van der Waals surface area contributed by atoms with E-state index in [1.165, 1.54) is 103 Å². The normalized spacial score (nSPS) is 13.9. The molecule has 7 nitrogen and oxygen atoms in total. The van der Waals surface area contributed by atoms with E-state index >= 15 is 0 Å². The van der Waals surface area contributed by atoms with E-state index in [9.17, 15) is 0 Å². The molecule has 0 aliphatic carbocycles. The number of hydrogen-bond donors (Lipinski definition) is 0. The molecule has 2 atom stereocenters. The Morgan fingerprint density at radius 3 is 0.918 bits per heavy atom. The lowest BCUT2D eigenvalue weighted by molar-refractivity contribution is -0.240. The zero-order valence-corrected chi connectivity index (χ0v) is 33.8. The fourth-order valence-corrected chi connectivity index (χ4v) is 6.08. The molecule has 0 radical (unpaired) electrons. The Hall–Kier alpha value is -1.44. The summed E-state index contributed by atoms with van der Waals surface area (Å²) in [5.41, 5.74) is 0. The van der Waals surface area contributed by atoms with Crippen LogP contribution in [0.1, 0.15) is 195 Å². The maximum Gasteiger partial charge on any atom is 0.223 e. The molecule has 7 heteroatoms. The Labute approximate surface area is 304 Å². The van der Waals surface area contributed by atoms with Crippen LogP contribution in [0.3, 0.4) is 0 Å². The van der Waals surface area contributed by atoms with Crippen molar-refractivity contribution >= 4 is 0 Å². The van der Waals surface area contributed by atoms with Crippen molar-refractivity contribution in [2.24, 2.45) is 0 Å². The van der Waals surface area contributed by atoms with Crippen molar-refractivity contribution in [3.05, 3.63) is 23.0 Å². The Bertz CT molecular complexity index is 704. The minimum Gasteiger partial charge on any atom is -0.497 e. The molecule has 0 aromatic carbocycles. The fraction of sp³-hybridized carbons (Fsp3) is 0.905. The number of hydrogen-bond acceptors (Lipinski definition) is 7. The Balaban J connectivity index is 6.02. The van der Waals surface area contributed by atoms with E-state index in [0.717, 1.165) is 75.7 Å². The van der Waals surface area contributed by atoms with Crippen LogP contribution in [-0.2, 0) is 33.2 Å². The Morgan fingerprint density at radius 2 is 0.633 bits per heavy atom. The summed E-state index contributed by atoms with van der Waals surface area (Å²) in [5.74, 6) is 2.67. The van der Waals surface area contributed by atoms with Crippen LogP contribution in [0.25, 0.3) is 0 Å². The average Bonchev–Trinajstić information content (AvgIpc) is 3.11. The molecule has 2 unspecified atom stereocenters. The van der Waals surface area contributed by atoms with Gasteiger partial charge in [0.1, 0.15) is 11.5 Å². The Morgan fingerprint density at radius 1 is 0.347 bits per heavy atom. The summed E-state index contributed by atoms with van der Waals surface area (Å²) < 4.78 is 43.6. The molecule has 292 valence electrons. The van der Waals surface area contributed by atoms with Gasteiger partial charge in [-0.15, -0.1) is 0 Å². The van der Waals surface area contributed by atoms with Crippen LogP contribution in [0.5, 0.6) is 0 Å². The van der Waals surface area contributed by atoms with E-state index in [1.54, 1.807) is 28.4 Å². The van der Waals surface area contributed by atoms with Gasteiger partial charge in [-0.25, -0.2) is 0 Å². The van der Waals surface area contributed by atoms with Gasteiger partial charge in [0, 0.05) is 12.8 Å². The third-order valence-electron chi connectivity index (χ3n) is 9.21. The molecule has 0 N–H and O–H groups in total. The third-order valence-corrected chi connectivity index (χ3v) is 9.21. The minimum atomic E-state index is -0.803. The van der Waals surface area contributed by atoms with Crippen LogP contribution >= 0.6 is 0 Å². The van der Waals surface area contributed by atoms with E-state index in [2.05, 4.69) is 27.7 Å². The summed E-state index contributed by atoms with van der Waals surface area (Å²) in [6.45, 7) is 10.1. The first-order valence-electron chi connectivity index (χ1n) is 20.6. The standard InChI is InChI=1S/C42H82O7/c1-9-13-17-21-23-25-27-29-33-37(43-5)39(45-7)41(47-35-31-19-15-11-3)49-42(48-36-32-20-16-12-4)40(46-8)38(44-6)34-30-28-26-24-22-18-14-10-2/h41-42H,9-36H2,1-8H3. The number of allylic oxidation sites excluding steroid dienone is 2. The van der Waals surface area contributed by atoms with Gasteiger partial charge in [-0.2, -0.15) is 0 Å². The van der Waals surface area contributed by atoms with Gasteiger partial charge in [-0.05, 0) is 25.7 Å². The zero-order valence-electron chi connectivity index (χ0n) is 33.8. The van der Waals surface area contributed by atoms with Crippen LogP contribution in [-0.4, -0.2) is 54.2 Å². The van der Waals surface area contributed by atoms with E-state index in [4.69, 9.17) is 33.2 Å². The third kappa shape index (κ3) is 25.2. The second-order valence-corrected chi connectivity index (χ2v) is 13.5. The van der Waals surface area contributed by atoms with Crippen LogP contribution in [0.2, 0.25) is 0 Å². The second kappa shape index (κ2) is 36.4. The van der Waals surface area contributed by atoms with E-state index < -0.39 is 12.6 Å². The van der Waals surface area contributed by atoms with Gasteiger partial charge in [0.25, 0.3) is 0 Å². The quantitative estimate of drug-likeness (QED) is 0.0361. The maximum atomic E-state index is 6.73. The summed E-state index contributed by atoms with van der Waals surface area (Å²) in [7, 11) is 6.78. The lowest BCUT2D eigenvalue weighted by Crippen LogP contribution is -2.33. The Kier molecular flexibility index (Phi) is 35.3. The van der Waals surface area contributed by atoms with Crippen LogP contribution in [0.4, 0.5) is 0 Å². The number of rotatable bonds is 38. The van der Waals surface area contributed by atoms with Gasteiger partial charge >= 0.3 is 0 Å². The average molecular weight is 699 g/mol. The molecule has 0 rings (SSSR count). The van der Waals surface area contributed by atoms with Crippen LogP contribution in [0, 0.1) is 0 Å². The molecule has 0 bridgehead atoms. The van der Waals surface area contributed by atoms with Gasteiger partial charge < -0.3 is 33.2 Å². The monoisotopic (exact) mass is 699 g/mol. The number of ether oxygens (including phenoxy) is 7. The molecule has 0 aromatic rings. The highest BCUT2D eigenvalue weighted by molar-refractivity contribution is 5.08. The minimum absolute atomic E-state index is 0.553. The molecule has 0 saturated heterocycles. The van der Waals surface area contributed by atoms with Crippen molar-refractivity contribution in [1.82, 2.24) is 0 Å². The molecule has 0 spiro atoms. The zero-order chi connectivity index (χ0) is 36.2. The first kappa shape index (κ1) is 47.6. The van der Waals surface area contributed by atoms with Crippen LogP contribution < -0.4 is 0 Å². The lowest BCUT2D eigenvalue weighted by Gasteiger charge is -2.29. The SMILES string of the molecule is CCCCCCCCCCC(OC)=C(OC)C(OCCCCCC)OC(OCCCCCC)C(OC)=C(CCCCCCCCCC)OC. The molecule has 0 amide bonds. The van der Waals surface area contributed by atoms with Crippen LogP contribution in [0.15, 0.2) is 23.0 Å². The summed E-state index contributed by atoms with van der Waals surface area (Å²) >= 11 is 0. The number of unbranched alkanes of at least 4 members (excludes halogenated alkanes) is 20. The fourth-order valence-electron chi connectivity index (χ4n) is 6.08. The molecule has 0 aliphatic rings. The highest BCUT2D eigenvalue weighted by Gasteiger charge is 2.31. The summed E-state index contributed by atoms with van der Waals surface area (Å²) in [6.07, 6.45) is 28.7. The topological polar surface area (TPSA) is 64.6 Å². The molecule has 0 fully saturated rings. The van der Waals surface area contributed by atoms with Gasteiger partial charge in [0.15, 0.2) is 11.5 Å². The van der Waals surface area contributed by atoms with Crippen molar-refractivity contribution in [3.63, 3.8) is 0 Å². The predicted octanol–water partition coefficient (Wildman–Crippen LogP) is 12.9.